The first-order chi connectivity index (χ1) is 26.3. The van der Waals surface area contributed by atoms with Crippen molar-refractivity contribution in [2.75, 3.05) is 24.1 Å². The van der Waals surface area contributed by atoms with Crippen molar-refractivity contribution in [3.05, 3.63) is 93.0 Å². The molecule has 0 saturated heterocycles. The van der Waals surface area contributed by atoms with Crippen LogP contribution in [0.1, 0.15) is 65.6 Å². The predicted octanol–water partition coefficient (Wildman–Crippen LogP) is 5.95. The van der Waals surface area contributed by atoms with Gasteiger partial charge in [0.05, 0.1) is 47.1 Å². The number of aryl methyl sites for hydroxylation is 1. The molecule has 0 radical (unpaired) electrons. The molecule has 4 unspecified atom stereocenters. The van der Waals surface area contributed by atoms with Gasteiger partial charge in [-0.05, 0) is 67.5 Å². The molecule has 7 rings (SSSR count). The number of rotatable bonds is 12. The summed E-state index contributed by atoms with van der Waals surface area (Å²) < 4.78 is 117. The van der Waals surface area contributed by atoms with E-state index in [0.29, 0.717) is 22.7 Å². The van der Waals surface area contributed by atoms with E-state index < -0.39 is 75.5 Å². The number of aliphatic hydroxyl groups excluding tert-OH is 1. The molecule has 56 heavy (non-hydrogen) atoms. The van der Waals surface area contributed by atoms with Crippen molar-refractivity contribution in [1.82, 2.24) is 29.9 Å². The summed E-state index contributed by atoms with van der Waals surface area (Å²) in [6.07, 6.45) is -2.18. The third-order valence-corrected chi connectivity index (χ3v) is 10.7. The first-order valence-corrected chi connectivity index (χ1v) is 19.5. The lowest BCUT2D eigenvalue weighted by atomic mass is 9.93. The molecule has 3 aromatic heterocycles. The number of anilines is 1. The molecule has 11 nitrogen and oxygen atoms in total. The Morgan fingerprint density at radius 1 is 1.09 bits per heavy atom. The lowest BCUT2D eigenvalue weighted by Crippen LogP contribution is -2.30. The van der Waals surface area contributed by atoms with E-state index in [-0.39, 0.29) is 64.7 Å². The second-order valence-corrected chi connectivity index (χ2v) is 16.4. The lowest BCUT2D eigenvalue weighted by molar-refractivity contribution is -0.0310. The quantitative estimate of drug-likeness (QED) is 0.0893. The summed E-state index contributed by atoms with van der Waals surface area (Å²) in [6, 6.07) is 8.17. The first-order valence-electron chi connectivity index (χ1n) is 17.2. The van der Waals surface area contributed by atoms with Gasteiger partial charge in [-0.3, -0.25) is 14.1 Å². The molecule has 0 bridgehead atoms. The minimum Gasteiger partial charge on any atom is -0.392 e. The summed E-state index contributed by atoms with van der Waals surface area (Å²) in [7, 11) is -2.25. The molecular weight excluding hydrogens is 788 g/mol. The van der Waals surface area contributed by atoms with Gasteiger partial charge in [-0.25, -0.2) is 31.0 Å². The van der Waals surface area contributed by atoms with E-state index in [1.54, 1.807) is 19.2 Å². The maximum atomic E-state index is 15.4. The van der Waals surface area contributed by atoms with E-state index in [2.05, 4.69) is 32.1 Å². The highest BCUT2D eigenvalue weighted by atomic mass is 35.5. The monoisotopic (exact) mass is 821 g/mol. The van der Waals surface area contributed by atoms with Gasteiger partial charge in [-0.15, -0.1) is 0 Å². The summed E-state index contributed by atoms with van der Waals surface area (Å²) >= 11 is 6.59. The van der Waals surface area contributed by atoms with E-state index in [0.717, 1.165) is 23.1 Å². The molecule has 19 heteroatoms. The summed E-state index contributed by atoms with van der Waals surface area (Å²) in [5.74, 6) is -1.67. The standard InChI is InChI=1S/C37H34ClF6N7O4S/c1-36(53,17-52)9-8-21-4-5-22(23-6-7-26(38)29-32(23)50(2)48-35(29)49-56(3,54)55)30(46-21)27(14-18-12-19(39)15-20(40)13-18)45-10-11-51-33-28(31(47-51)34(41)42)24-16-25(24)37(33,43)44/h4-7,12-13,15,24-25,27,34,45,52-53H,10-11,14,16-17H2,1-3H3,(H,48,49). The molecule has 5 aromatic rings. The van der Waals surface area contributed by atoms with Crippen LogP contribution in [-0.2, 0) is 36.0 Å². The Labute approximate surface area is 321 Å². The fourth-order valence-corrected chi connectivity index (χ4v) is 8.05. The molecule has 1 saturated carbocycles. The Balaban J connectivity index is 1.36. The molecule has 1 fully saturated rings. The van der Waals surface area contributed by atoms with Crippen molar-refractivity contribution >= 4 is 38.3 Å². The number of nitrogens with zero attached hydrogens (tertiary/aromatic N) is 5. The van der Waals surface area contributed by atoms with Gasteiger partial charge in [0.25, 0.3) is 12.3 Å². The van der Waals surface area contributed by atoms with Crippen LogP contribution in [0.15, 0.2) is 42.5 Å². The first kappa shape index (κ1) is 39.6. The predicted molar refractivity (Wildman–Crippen MR) is 195 cm³/mol. The largest absolute Gasteiger partial charge is 0.392 e. The van der Waals surface area contributed by atoms with Crippen LogP contribution in [0.5, 0.6) is 0 Å². The zero-order valence-electron chi connectivity index (χ0n) is 29.9. The Bertz CT molecular complexity index is 2530. The molecule has 0 spiro atoms. The van der Waals surface area contributed by atoms with Gasteiger partial charge < -0.3 is 15.5 Å². The number of benzene rings is 2. The summed E-state index contributed by atoms with van der Waals surface area (Å²) in [5, 5.41) is 31.8. The molecule has 3 heterocycles. The normalized spacial score (nSPS) is 18.7. The number of aliphatic hydroxyl groups is 2. The Morgan fingerprint density at radius 3 is 2.45 bits per heavy atom. The minimum absolute atomic E-state index is 0.0608. The van der Waals surface area contributed by atoms with E-state index in [1.807, 2.05) is 0 Å². The van der Waals surface area contributed by atoms with Crippen LogP contribution in [0.3, 0.4) is 0 Å². The van der Waals surface area contributed by atoms with Crippen LogP contribution in [0.25, 0.3) is 22.0 Å². The highest BCUT2D eigenvalue weighted by Crippen LogP contribution is 2.68. The third-order valence-electron chi connectivity index (χ3n) is 9.78. The Morgan fingerprint density at radius 2 is 1.79 bits per heavy atom. The van der Waals surface area contributed by atoms with E-state index in [1.165, 1.54) is 23.7 Å². The van der Waals surface area contributed by atoms with Gasteiger partial charge >= 0.3 is 0 Å². The summed E-state index contributed by atoms with van der Waals surface area (Å²) in [5.41, 5.74) is -1.55. The number of pyridine rings is 1. The van der Waals surface area contributed by atoms with Crippen molar-refractivity contribution in [1.29, 1.82) is 0 Å². The smallest absolute Gasteiger partial charge is 0.293 e. The zero-order chi connectivity index (χ0) is 40.5. The molecule has 296 valence electrons. The van der Waals surface area contributed by atoms with E-state index in [4.69, 9.17) is 16.6 Å². The van der Waals surface area contributed by atoms with Crippen LogP contribution in [0, 0.1) is 29.4 Å². The molecular formula is C37H34ClF6N7O4S. The van der Waals surface area contributed by atoms with Crippen LogP contribution >= 0.6 is 11.6 Å². The summed E-state index contributed by atoms with van der Waals surface area (Å²) in [4.78, 5) is 4.77. The van der Waals surface area contributed by atoms with Gasteiger partial charge in [-0.2, -0.15) is 19.0 Å². The van der Waals surface area contributed by atoms with Crippen molar-refractivity contribution in [2.45, 2.75) is 56.2 Å². The summed E-state index contributed by atoms with van der Waals surface area (Å²) in [6.45, 7) is 0.134. The zero-order valence-corrected chi connectivity index (χ0v) is 31.5. The molecule has 2 aromatic carbocycles. The topological polar surface area (TPSA) is 147 Å². The maximum Gasteiger partial charge on any atom is 0.293 e. The van der Waals surface area contributed by atoms with Gasteiger partial charge in [0.2, 0.25) is 10.0 Å². The van der Waals surface area contributed by atoms with Crippen molar-refractivity contribution < 1.29 is 45.0 Å². The van der Waals surface area contributed by atoms with Crippen LogP contribution < -0.4 is 10.0 Å². The molecule has 0 amide bonds. The van der Waals surface area contributed by atoms with Crippen molar-refractivity contribution in [3.63, 3.8) is 0 Å². The number of alkyl halides is 4. The van der Waals surface area contributed by atoms with Crippen LogP contribution in [0.2, 0.25) is 5.02 Å². The highest BCUT2D eigenvalue weighted by molar-refractivity contribution is 7.92. The van der Waals surface area contributed by atoms with Crippen LogP contribution in [-0.4, -0.2) is 68.2 Å². The minimum atomic E-state index is -3.80. The third kappa shape index (κ3) is 7.58. The van der Waals surface area contributed by atoms with E-state index >= 15 is 8.78 Å². The van der Waals surface area contributed by atoms with Gasteiger partial charge in [-0.1, -0.05) is 23.6 Å². The van der Waals surface area contributed by atoms with Crippen molar-refractivity contribution in [2.24, 2.45) is 13.0 Å². The Hall–Kier alpha value is -4.67. The van der Waals surface area contributed by atoms with Gasteiger partial charge in [0.1, 0.15) is 34.3 Å². The fourth-order valence-electron chi connectivity index (χ4n) is 7.32. The lowest BCUT2D eigenvalue weighted by Gasteiger charge is -2.23. The van der Waals surface area contributed by atoms with E-state index in [9.17, 15) is 36.2 Å². The molecule has 4 N–H and O–H groups in total. The number of hydrogen-bond acceptors (Lipinski definition) is 8. The number of hydrogen-bond donors (Lipinski definition) is 4. The molecule has 2 aliphatic carbocycles. The highest BCUT2D eigenvalue weighted by Gasteiger charge is 2.67. The molecule has 4 atom stereocenters. The second-order valence-electron chi connectivity index (χ2n) is 14.2. The molecule has 2 aliphatic rings. The number of sulfonamides is 1. The molecule has 0 aliphatic heterocycles. The van der Waals surface area contributed by atoms with Gasteiger partial charge in [0, 0.05) is 42.3 Å². The number of fused-ring (bicyclic) bond motifs is 4. The average Bonchev–Trinajstić information content (AvgIpc) is 3.64. The maximum absolute atomic E-state index is 15.4. The van der Waals surface area contributed by atoms with Gasteiger partial charge in [0.15, 0.2) is 5.82 Å². The number of nitrogens with one attached hydrogen (secondary N) is 2. The second kappa shape index (κ2) is 14.4. The fraction of sp³-hybridized carbons (Fsp3) is 0.378. The van der Waals surface area contributed by atoms with Crippen molar-refractivity contribution in [3.8, 4) is 23.0 Å². The van der Waals surface area contributed by atoms with Crippen LogP contribution in [0.4, 0.5) is 32.2 Å². The number of halogens is 7. The number of aromatic nitrogens is 5. The SMILES string of the molecule is Cn1nc(NS(C)(=O)=O)c2c(Cl)ccc(-c3ccc(C#CC(C)(O)CO)nc3C(Cc3cc(F)cc(F)c3)NCCn3nc(C(F)F)c4c3C(F)(F)C3CC43)c21. The Kier molecular flexibility index (Phi) is 10.1. The average molecular weight is 822 g/mol.